The molecule has 2 N–H and O–H groups in total. The molecule has 0 radical (unpaired) electrons. The van der Waals surface area contributed by atoms with Gasteiger partial charge in [-0.1, -0.05) is 0 Å². The predicted molar refractivity (Wildman–Crippen MR) is 110 cm³/mol. The van der Waals surface area contributed by atoms with Gasteiger partial charge < -0.3 is 19.9 Å². The van der Waals surface area contributed by atoms with E-state index >= 15 is 0 Å². The van der Waals surface area contributed by atoms with Crippen LogP contribution < -0.4 is 10.1 Å². The van der Waals surface area contributed by atoms with Crippen molar-refractivity contribution >= 4 is 17.1 Å². The molecule has 0 bridgehead atoms. The van der Waals surface area contributed by atoms with Crippen molar-refractivity contribution in [2.24, 2.45) is 0 Å². The second-order valence-corrected chi connectivity index (χ2v) is 8.15. The number of nitrogens with one attached hydrogen (secondary N) is 2. The highest BCUT2D eigenvalue weighted by Gasteiger charge is 2.31. The van der Waals surface area contributed by atoms with Gasteiger partial charge in [-0.25, -0.2) is 9.97 Å². The molecule has 0 saturated carbocycles. The number of carbonyl (C=O) groups excluding carboxylic acids is 1. The van der Waals surface area contributed by atoms with Crippen molar-refractivity contribution in [2.75, 3.05) is 19.6 Å². The minimum absolute atomic E-state index is 0.193. The number of aromatic amines is 1. The van der Waals surface area contributed by atoms with Crippen molar-refractivity contribution in [1.82, 2.24) is 25.2 Å². The summed E-state index contributed by atoms with van der Waals surface area (Å²) in [5.74, 6) is 0.652. The van der Waals surface area contributed by atoms with Crippen LogP contribution in [0.1, 0.15) is 53.0 Å². The van der Waals surface area contributed by atoms with Crippen molar-refractivity contribution in [3.05, 3.63) is 53.5 Å². The number of nitrogens with zero attached hydrogens (tertiary/aromatic N) is 3. The van der Waals surface area contributed by atoms with Crippen LogP contribution in [0.15, 0.2) is 36.5 Å². The summed E-state index contributed by atoms with van der Waals surface area (Å²) in [5.41, 5.74) is 3.18. The molecule has 2 aromatic heterocycles. The Balaban J connectivity index is 1.25. The van der Waals surface area contributed by atoms with Crippen LogP contribution in [0.2, 0.25) is 0 Å². The van der Waals surface area contributed by atoms with Crippen LogP contribution in [0.3, 0.4) is 0 Å². The van der Waals surface area contributed by atoms with Crippen LogP contribution >= 0.6 is 0 Å². The number of hydrogen-bond donors (Lipinski definition) is 2. The van der Waals surface area contributed by atoms with E-state index in [0.29, 0.717) is 24.3 Å². The first kappa shape index (κ1) is 20.7. The van der Waals surface area contributed by atoms with Crippen LogP contribution in [0.4, 0.5) is 13.2 Å². The standard InChI is InChI=1S/C22H22F3N5O2/c23-22(24,25)32-15-3-1-14(2-4-15)21(31)30-11-7-13(8-12-30)16-5-9-27-20-18(16)28-19(29-20)17-6-10-26-17/h1-5,9,13,17,26H,6-8,10-12H2,(H,27,28,29)/t17-/m1/s1. The summed E-state index contributed by atoms with van der Waals surface area (Å²) in [7, 11) is 0. The fourth-order valence-electron chi connectivity index (χ4n) is 4.35. The molecular formula is C22H22F3N5O2. The van der Waals surface area contributed by atoms with Crippen molar-refractivity contribution in [3.8, 4) is 5.75 Å². The lowest BCUT2D eigenvalue weighted by molar-refractivity contribution is -0.274. The third kappa shape index (κ3) is 4.14. The van der Waals surface area contributed by atoms with Gasteiger partial charge in [0.05, 0.1) is 11.6 Å². The summed E-state index contributed by atoms with van der Waals surface area (Å²) in [6.45, 7) is 2.13. The highest BCUT2D eigenvalue weighted by molar-refractivity contribution is 5.94. The molecule has 0 spiro atoms. The van der Waals surface area contributed by atoms with Gasteiger partial charge in [0.1, 0.15) is 11.6 Å². The Hall–Kier alpha value is -3.14. The number of H-pyrrole nitrogens is 1. The summed E-state index contributed by atoms with van der Waals surface area (Å²) < 4.78 is 40.8. The van der Waals surface area contributed by atoms with Gasteiger partial charge in [-0.3, -0.25) is 4.79 Å². The minimum atomic E-state index is -4.75. The predicted octanol–water partition coefficient (Wildman–Crippen LogP) is 3.91. The number of hydrogen-bond acceptors (Lipinski definition) is 5. The third-order valence-electron chi connectivity index (χ3n) is 6.15. The van der Waals surface area contributed by atoms with Gasteiger partial charge in [-0.05, 0) is 67.6 Å². The van der Waals surface area contributed by atoms with Crippen LogP contribution in [-0.2, 0) is 0 Å². The summed E-state index contributed by atoms with van der Waals surface area (Å²) >= 11 is 0. The molecule has 2 saturated heterocycles. The Morgan fingerprint density at radius 2 is 1.81 bits per heavy atom. The number of imidazole rings is 1. The first-order chi connectivity index (χ1) is 15.4. The zero-order chi connectivity index (χ0) is 22.3. The second kappa shape index (κ2) is 8.09. The highest BCUT2D eigenvalue weighted by Crippen LogP contribution is 2.33. The first-order valence-corrected chi connectivity index (χ1v) is 10.6. The number of piperidine rings is 1. The maximum atomic E-state index is 12.8. The van der Waals surface area contributed by atoms with Crippen molar-refractivity contribution in [2.45, 2.75) is 37.6 Å². The number of fused-ring (bicyclic) bond motifs is 1. The van der Waals surface area contributed by atoms with Crippen molar-refractivity contribution in [3.63, 3.8) is 0 Å². The Kier molecular flexibility index (Phi) is 5.24. The molecule has 0 unspecified atom stereocenters. The zero-order valence-electron chi connectivity index (χ0n) is 17.2. The molecule has 1 atom stereocenters. The Morgan fingerprint density at radius 1 is 1.09 bits per heavy atom. The zero-order valence-corrected chi connectivity index (χ0v) is 17.2. The quantitative estimate of drug-likeness (QED) is 0.636. The molecule has 2 aliphatic rings. The topological polar surface area (TPSA) is 83.1 Å². The normalized spacial score (nSPS) is 19.7. The Morgan fingerprint density at radius 3 is 2.44 bits per heavy atom. The monoisotopic (exact) mass is 445 g/mol. The molecule has 5 rings (SSSR count). The average molecular weight is 445 g/mol. The van der Waals surface area contributed by atoms with E-state index < -0.39 is 6.36 Å². The fourth-order valence-corrected chi connectivity index (χ4v) is 4.35. The molecule has 32 heavy (non-hydrogen) atoms. The molecule has 168 valence electrons. The smallest absolute Gasteiger partial charge is 0.406 e. The van der Waals surface area contributed by atoms with Gasteiger partial charge in [0, 0.05) is 24.8 Å². The number of benzene rings is 1. The van der Waals surface area contributed by atoms with Gasteiger partial charge in [-0.15, -0.1) is 13.2 Å². The van der Waals surface area contributed by atoms with E-state index in [1.54, 1.807) is 11.1 Å². The van der Waals surface area contributed by atoms with Gasteiger partial charge >= 0.3 is 6.36 Å². The number of aromatic nitrogens is 3. The number of alkyl halides is 3. The maximum Gasteiger partial charge on any atom is 0.573 e. The van der Waals surface area contributed by atoms with E-state index in [0.717, 1.165) is 54.8 Å². The summed E-state index contributed by atoms with van der Waals surface area (Å²) in [6.07, 6.45) is -0.348. The molecule has 1 aromatic carbocycles. The Bertz CT molecular complexity index is 1120. The molecule has 2 aliphatic heterocycles. The maximum absolute atomic E-state index is 12.8. The van der Waals surface area contributed by atoms with Crippen molar-refractivity contribution < 1.29 is 22.7 Å². The van der Waals surface area contributed by atoms with Crippen molar-refractivity contribution in [1.29, 1.82) is 0 Å². The van der Waals surface area contributed by atoms with Crippen LogP contribution in [0.5, 0.6) is 5.75 Å². The first-order valence-electron chi connectivity index (χ1n) is 10.6. The Labute approximate surface area is 182 Å². The molecule has 0 aliphatic carbocycles. The van der Waals surface area contributed by atoms with Gasteiger partial charge in [0.2, 0.25) is 0 Å². The van der Waals surface area contributed by atoms with E-state index in [1.807, 2.05) is 6.07 Å². The van der Waals surface area contributed by atoms with E-state index in [-0.39, 0.29) is 23.6 Å². The number of rotatable bonds is 4. The van der Waals surface area contributed by atoms with Crippen LogP contribution in [0.25, 0.3) is 11.2 Å². The SMILES string of the molecule is O=C(c1ccc(OC(F)(F)F)cc1)N1CCC(c2ccnc3nc([C@H]4CCN4)[nH]c23)CC1. The van der Waals surface area contributed by atoms with Gasteiger partial charge in [0.15, 0.2) is 5.65 Å². The number of carbonyl (C=O) groups is 1. The lowest BCUT2D eigenvalue weighted by Gasteiger charge is -2.32. The largest absolute Gasteiger partial charge is 0.573 e. The molecular weight excluding hydrogens is 423 g/mol. The lowest BCUT2D eigenvalue weighted by Crippen LogP contribution is -2.38. The molecule has 10 heteroatoms. The minimum Gasteiger partial charge on any atom is -0.406 e. The average Bonchev–Trinajstić information content (AvgIpc) is 3.15. The number of ether oxygens (including phenoxy) is 1. The highest BCUT2D eigenvalue weighted by atomic mass is 19.4. The molecule has 1 amide bonds. The van der Waals surface area contributed by atoms with E-state index in [9.17, 15) is 18.0 Å². The van der Waals surface area contributed by atoms with E-state index in [2.05, 4.69) is 25.0 Å². The molecule has 4 heterocycles. The molecule has 2 fully saturated rings. The number of amides is 1. The fraction of sp³-hybridized carbons (Fsp3) is 0.409. The number of pyridine rings is 1. The summed E-state index contributed by atoms with van der Waals surface area (Å²) in [5, 5.41) is 3.34. The molecule has 7 nitrogen and oxygen atoms in total. The number of likely N-dealkylation sites (tertiary alicyclic amines) is 1. The number of halogens is 3. The second-order valence-electron chi connectivity index (χ2n) is 8.15. The third-order valence-corrected chi connectivity index (χ3v) is 6.15. The van der Waals surface area contributed by atoms with Gasteiger partial charge in [-0.2, -0.15) is 0 Å². The summed E-state index contributed by atoms with van der Waals surface area (Å²) in [6, 6.07) is 7.32. The summed E-state index contributed by atoms with van der Waals surface area (Å²) in [4.78, 5) is 27.0. The van der Waals surface area contributed by atoms with Crippen LogP contribution in [-0.4, -0.2) is 51.8 Å². The lowest BCUT2D eigenvalue weighted by atomic mass is 9.89. The van der Waals surface area contributed by atoms with E-state index in [4.69, 9.17) is 0 Å². The van der Waals surface area contributed by atoms with Gasteiger partial charge in [0.25, 0.3) is 5.91 Å². The van der Waals surface area contributed by atoms with Crippen LogP contribution in [0, 0.1) is 0 Å². The van der Waals surface area contributed by atoms with E-state index in [1.165, 1.54) is 12.1 Å². The molecule has 3 aromatic rings.